The zero-order valence-electron chi connectivity index (χ0n) is 9.25. The predicted molar refractivity (Wildman–Crippen MR) is 80.5 cm³/mol. The molecule has 1 heterocycles. The van der Waals surface area contributed by atoms with Crippen LogP contribution in [-0.2, 0) is 9.53 Å². The van der Waals surface area contributed by atoms with Crippen molar-refractivity contribution >= 4 is 59.4 Å². The molecule has 2 rings (SSSR count). The summed E-state index contributed by atoms with van der Waals surface area (Å²) in [6.45, 7) is 0.805. The Bertz CT molecular complexity index is 458. The summed E-state index contributed by atoms with van der Waals surface area (Å²) in [5.41, 5.74) is 6.51. The van der Waals surface area contributed by atoms with Gasteiger partial charge in [-0.15, -0.1) is 0 Å². The Labute approximate surface area is 130 Å². The Hall–Kier alpha value is 0.0500. The number of carbonyl (C=O) groups is 1. The summed E-state index contributed by atoms with van der Waals surface area (Å²) in [5.74, 6) is -0.420. The molecule has 1 aliphatic heterocycles. The number of ether oxygens (including phenoxy) is 1. The molecular weight excluding hydrogens is 432 g/mol. The third-order valence-corrected chi connectivity index (χ3v) is 4.43. The van der Waals surface area contributed by atoms with Crippen molar-refractivity contribution in [1.82, 2.24) is 0 Å². The molecule has 0 bridgehead atoms. The van der Waals surface area contributed by atoms with Crippen LogP contribution in [0.5, 0.6) is 0 Å². The summed E-state index contributed by atoms with van der Waals surface area (Å²) in [7, 11) is 0. The maximum Gasteiger partial charge on any atom is 0.231 e. The highest BCUT2D eigenvalue weighted by Gasteiger charge is 2.31. The van der Waals surface area contributed by atoms with E-state index in [1.54, 1.807) is 0 Å². The van der Waals surface area contributed by atoms with E-state index in [0.717, 1.165) is 13.4 Å². The van der Waals surface area contributed by atoms with Crippen LogP contribution in [0.4, 0.5) is 5.69 Å². The molecule has 2 atom stereocenters. The molecule has 1 fully saturated rings. The van der Waals surface area contributed by atoms with Gasteiger partial charge in [0.05, 0.1) is 24.8 Å². The van der Waals surface area contributed by atoms with Gasteiger partial charge in [0.15, 0.2) is 0 Å². The number of carbonyl (C=O) groups excluding carboxylic acids is 1. The molecule has 1 amide bonds. The fourth-order valence-electron chi connectivity index (χ4n) is 1.72. The van der Waals surface area contributed by atoms with Crippen molar-refractivity contribution in [3.05, 3.63) is 25.6 Å². The minimum atomic E-state index is -0.299. The van der Waals surface area contributed by atoms with Crippen LogP contribution < -0.4 is 11.1 Å². The second-order valence-corrected chi connectivity index (χ2v) is 6.67. The average Bonchev–Trinajstić information content (AvgIpc) is 2.69. The normalized spacial score (nSPS) is 23.1. The third kappa shape index (κ3) is 3.14. The molecule has 0 saturated carbocycles. The van der Waals surface area contributed by atoms with Gasteiger partial charge < -0.3 is 15.8 Å². The highest BCUT2D eigenvalue weighted by atomic mass is 79.9. The molecule has 1 aromatic carbocycles. The van der Waals surface area contributed by atoms with Gasteiger partial charge in [0.2, 0.25) is 5.91 Å². The number of hydrogen-bond acceptors (Lipinski definition) is 3. The number of nitrogens with one attached hydrogen (secondary N) is 1. The highest BCUT2D eigenvalue weighted by Crippen LogP contribution is 2.34. The van der Waals surface area contributed by atoms with Gasteiger partial charge in [0, 0.05) is 19.5 Å². The lowest BCUT2D eigenvalue weighted by Crippen LogP contribution is -2.37. The number of rotatable bonds is 2. The summed E-state index contributed by atoms with van der Waals surface area (Å²) in [6.07, 6.45) is 0. The maximum absolute atomic E-state index is 12.1. The van der Waals surface area contributed by atoms with E-state index in [-0.39, 0.29) is 17.9 Å². The smallest absolute Gasteiger partial charge is 0.231 e. The molecule has 7 heteroatoms. The molecule has 0 radical (unpaired) electrons. The molecule has 0 aliphatic carbocycles. The molecule has 98 valence electrons. The lowest BCUT2D eigenvalue weighted by Gasteiger charge is -2.15. The van der Waals surface area contributed by atoms with Crippen LogP contribution in [0.15, 0.2) is 25.6 Å². The number of amides is 1. The van der Waals surface area contributed by atoms with Crippen molar-refractivity contribution in [2.24, 2.45) is 11.7 Å². The van der Waals surface area contributed by atoms with Crippen LogP contribution in [0.1, 0.15) is 0 Å². The van der Waals surface area contributed by atoms with E-state index in [4.69, 9.17) is 10.5 Å². The first-order valence-electron chi connectivity index (χ1n) is 5.27. The Morgan fingerprint density at radius 1 is 1.28 bits per heavy atom. The molecule has 0 spiro atoms. The van der Waals surface area contributed by atoms with E-state index in [0.29, 0.717) is 18.9 Å². The van der Waals surface area contributed by atoms with Gasteiger partial charge in [0.25, 0.3) is 0 Å². The van der Waals surface area contributed by atoms with Crippen molar-refractivity contribution in [3.8, 4) is 0 Å². The highest BCUT2D eigenvalue weighted by molar-refractivity contribution is 9.11. The van der Waals surface area contributed by atoms with Crippen LogP contribution >= 0.6 is 47.8 Å². The van der Waals surface area contributed by atoms with Crippen molar-refractivity contribution in [3.63, 3.8) is 0 Å². The summed E-state index contributed by atoms with van der Waals surface area (Å²) in [5, 5.41) is 2.86. The Kier molecular flexibility index (Phi) is 4.82. The Morgan fingerprint density at radius 3 is 2.39 bits per heavy atom. The zero-order valence-corrected chi connectivity index (χ0v) is 14.0. The number of benzene rings is 1. The van der Waals surface area contributed by atoms with Crippen molar-refractivity contribution in [1.29, 1.82) is 0 Å². The number of halogens is 3. The van der Waals surface area contributed by atoms with Gasteiger partial charge in [-0.3, -0.25) is 4.79 Å². The van der Waals surface area contributed by atoms with Crippen LogP contribution in [0.25, 0.3) is 0 Å². The second-order valence-electron chi connectivity index (χ2n) is 4.04. The molecule has 3 N–H and O–H groups in total. The molecule has 1 aromatic rings. The minimum Gasteiger partial charge on any atom is -0.379 e. The van der Waals surface area contributed by atoms with E-state index in [1.165, 1.54) is 0 Å². The van der Waals surface area contributed by atoms with Gasteiger partial charge in [-0.2, -0.15) is 0 Å². The molecule has 1 saturated heterocycles. The van der Waals surface area contributed by atoms with Crippen LogP contribution in [-0.4, -0.2) is 25.2 Å². The number of nitrogens with two attached hydrogens (primary N) is 1. The van der Waals surface area contributed by atoms with Crippen LogP contribution in [0.2, 0.25) is 0 Å². The first kappa shape index (κ1) is 14.5. The summed E-state index contributed by atoms with van der Waals surface area (Å²) in [4.78, 5) is 12.1. The standard InChI is InChI=1S/C11H11Br3N2O2/c12-5-1-7(13)10(8(14)2-5)16-11(17)6-3-18-4-9(6)15/h1-2,6,9H,3-4,15H2,(H,16,17). The van der Waals surface area contributed by atoms with E-state index < -0.39 is 0 Å². The van der Waals surface area contributed by atoms with Crippen molar-refractivity contribution in [2.45, 2.75) is 6.04 Å². The average molecular weight is 443 g/mol. The molecule has 2 unspecified atom stereocenters. The first-order valence-corrected chi connectivity index (χ1v) is 7.65. The number of anilines is 1. The number of hydrogen-bond donors (Lipinski definition) is 2. The van der Waals surface area contributed by atoms with E-state index in [2.05, 4.69) is 53.1 Å². The lowest BCUT2D eigenvalue weighted by atomic mass is 10.0. The molecule has 18 heavy (non-hydrogen) atoms. The summed E-state index contributed by atoms with van der Waals surface area (Å²) >= 11 is 10.2. The van der Waals surface area contributed by atoms with Crippen molar-refractivity contribution in [2.75, 3.05) is 18.5 Å². The summed E-state index contributed by atoms with van der Waals surface area (Å²) < 4.78 is 7.70. The van der Waals surface area contributed by atoms with E-state index in [9.17, 15) is 4.79 Å². The van der Waals surface area contributed by atoms with Crippen molar-refractivity contribution < 1.29 is 9.53 Å². The Balaban J connectivity index is 2.17. The second kappa shape index (κ2) is 6.00. The molecule has 0 aromatic heterocycles. The molecule has 4 nitrogen and oxygen atoms in total. The first-order chi connectivity index (χ1) is 8.49. The zero-order chi connectivity index (χ0) is 13.3. The fourth-order valence-corrected chi connectivity index (χ4v) is 4.18. The Morgan fingerprint density at radius 2 is 1.89 bits per heavy atom. The topological polar surface area (TPSA) is 64.3 Å². The predicted octanol–water partition coefficient (Wildman–Crippen LogP) is 2.89. The van der Waals surface area contributed by atoms with Gasteiger partial charge in [0.1, 0.15) is 0 Å². The SMILES string of the molecule is NC1COCC1C(=O)Nc1c(Br)cc(Br)cc1Br. The molecule has 1 aliphatic rings. The quantitative estimate of drug-likeness (QED) is 0.740. The minimum absolute atomic E-state index is 0.122. The van der Waals surface area contributed by atoms with E-state index >= 15 is 0 Å². The third-order valence-electron chi connectivity index (χ3n) is 2.72. The van der Waals surface area contributed by atoms with Gasteiger partial charge in [-0.25, -0.2) is 0 Å². The fraction of sp³-hybridized carbons (Fsp3) is 0.364. The summed E-state index contributed by atoms with van der Waals surface area (Å²) in [6, 6.07) is 3.50. The largest absolute Gasteiger partial charge is 0.379 e. The van der Waals surface area contributed by atoms with Crippen LogP contribution in [0, 0.1) is 5.92 Å². The van der Waals surface area contributed by atoms with Crippen LogP contribution in [0.3, 0.4) is 0 Å². The maximum atomic E-state index is 12.1. The molecular formula is C11H11Br3N2O2. The monoisotopic (exact) mass is 440 g/mol. The van der Waals surface area contributed by atoms with E-state index in [1.807, 2.05) is 12.1 Å². The van der Waals surface area contributed by atoms with Gasteiger partial charge >= 0.3 is 0 Å². The lowest BCUT2D eigenvalue weighted by molar-refractivity contribution is -0.120. The van der Waals surface area contributed by atoms with Gasteiger partial charge in [-0.05, 0) is 44.0 Å². The van der Waals surface area contributed by atoms with Gasteiger partial charge in [-0.1, -0.05) is 15.9 Å².